The zero-order valence-corrected chi connectivity index (χ0v) is 19.5. The van der Waals surface area contributed by atoms with E-state index in [4.69, 9.17) is 23.2 Å². The fourth-order valence-corrected chi connectivity index (χ4v) is 4.54. The van der Waals surface area contributed by atoms with E-state index in [0.717, 1.165) is 10.1 Å². The van der Waals surface area contributed by atoms with Crippen LogP contribution >= 0.6 is 34.5 Å². The molecule has 166 valence electrons. The summed E-state index contributed by atoms with van der Waals surface area (Å²) in [5.41, 5.74) is 1.18. The first-order chi connectivity index (χ1) is 15.3. The van der Waals surface area contributed by atoms with Gasteiger partial charge < -0.3 is 9.88 Å². The van der Waals surface area contributed by atoms with Crippen LogP contribution < -0.4 is 16.6 Å². The van der Waals surface area contributed by atoms with Crippen LogP contribution in [0.5, 0.6) is 0 Å². The first-order valence-corrected chi connectivity index (χ1v) is 11.2. The third-order valence-electron chi connectivity index (χ3n) is 4.98. The van der Waals surface area contributed by atoms with Crippen molar-refractivity contribution in [1.29, 1.82) is 0 Å². The lowest BCUT2D eigenvalue weighted by atomic mass is 10.2. The number of carbonyl (C=O) groups excluding carboxylic acids is 1. The molecular formula is C20H18Cl2N6O3S. The summed E-state index contributed by atoms with van der Waals surface area (Å²) in [6, 6.07) is 5.15. The van der Waals surface area contributed by atoms with E-state index >= 15 is 0 Å². The molecule has 0 aliphatic carbocycles. The quantitative estimate of drug-likeness (QED) is 0.444. The van der Waals surface area contributed by atoms with Crippen LogP contribution in [0.2, 0.25) is 10.0 Å². The molecule has 4 aromatic rings. The normalized spacial score (nSPS) is 11.2. The molecule has 1 N–H and O–H groups in total. The van der Waals surface area contributed by atoms with Crippen LogP contribution in [-0.2, 0) is 25.4 Å². The minimum Gasteiger partial charge on any atom is -0.325 e. The van der Waals surface area contributed by atoms with Gasteiger partial charge >= 0.3 is 5.69 Å². The number of amides is 1. The summed E-state index contributed by atoms with van der Waals surface area (Å²) in [4.78, 5) is 45.4. The van der Waals surface area contributed by atoms with Gasteiger partial charge in [-0.1, -0.05) is 23.2 Å². The highest BCUT2D eigenvalue weighted by molar-refractivity contribution is 7.14. The van der Waals surface area contributed by atoms with Crippen molar-refractivity contribution in [2.24, 2.45) is 14.1 Å². The monoisotopic (exact) mass is 492 g/mol. The Morgan fingerprint density at radius 3 is 2.72 bits per heavy atom. The number of anilines is 1. The van der Waals surface area contributed by atoms with Gasteiger partial charge in [-0.2, -0.15) is 0 Å². The van der Waals surface area contributed by atoms with Crippen LogP contribution in [0.3, 0.4) is 0 Å². The van der Waals surface area contributed by atoms with E-state index in [0.29, 0.717) is 45.0 Å². The summed E-state index contributed by atoms with van der Waals surface area (Å²) in [5.74, 6) is -0.196. The van der Waals surface area contributed by atoms with Crippen molar-refractivity contribution >= 4 is 56.7 Å². The minimum atomic E-state index is -0.435. The van der Waals surface area contributed by atoms with Gasteiger partial charge in [-0.15, -0.1) is 11.3 Å². The summed E-state index contributed by atoms with van der Waals surface area (Å²) >= 11 is 13.4. The van der Waals surface area contributed by atoms with Gasteiger partial charge in [-0.3, -0.25) is 18.7 Å². The summed E-state index contributed by atoms with van der Waals surface area (Å²) in [7, 11) is 2.99. The number of aryl methyl sites for hydroxylation is 2. The molecule has 9 nitrogen and oxygen atoms in total. The van der Waals surface area contributed by atoms with Gasteiger partial charge in [0.2, 0.25) is 5.91 Å². The minimum absolute atomic E-state index is 0.196. The highest BCUT2D eigenvalue weighted by Gasteiger charge is 2.15. The molecule has 0 saturated heterocycles. The number of rotatable bonds is 6. The lowest BCUT2D eigenvalue weighted by Gasteiger charge is -2.06. The van der Waals surface area contributed by atoms with Gasteiger partial charge in [0.25, 0.3) is 5.56 Å². The van der Waals surface area contributed by atoms with E-state index in [9.17, 15) is 14.4 Å². The predicted octanol–water partition coefficient (Wildman–Crippen LogP) is 3.28. The van der Waals surface area contributed by atoms with Gasteiger partial charge in [0, 0.05) is 43.0 Å². The lowest BCUT2D eigenvalue weighted by Crippen LogP contribution is -2.37. The van der Waals surface area contributed by atoms with Crippen LogP contribution in [0, 0.1) is 0 Å². The van der Waals surface area contributed by atoms with Crippen molar-refractivity contribution < 1.29 is 4.79 Å². The number of benzene rings is 1. The molecule has 1 aromatic carbocycles. The number of halogens is 2. The molecule has 4 rings (SSSR count). The number of thiazole rings is 1. The molecule has 0 atom stereocenters. The van der Waals surface area contributed by atoms with Crippen molar-refractivity contribution in [3.63, 3.8) is 0 Å². The zero-order chi connectivity index (χ0) is 23.0. The molecule has 1 amide bonds. The number of aromatic nitrogens is 5. The number of imidazole rings is 1. The summed E-state index contributed by atoms with van der Waals surface area (Å²) in [6.07, 6.45) is 2.21. The van der Waals surface area contributed by atoms with Gasteiger partial charge in [0.1, 0.15) is 0 Å². The Bertz CT molecular complexity index is 1450. The Hall–Kier alpha value is -2.95. The first-order valence-electron chi connectivity index (χ1n) is 9.58. The second kappa shape index (κ2) is 8.89. The molecule has 0 bridgehead atoms. The summed E-state index contributed by atoms with van der Waals surface area (Å²) in [6.45, 7) is 0.404. The van der Waals surface area contributed by atoms with Crippen LogP contribution in [-0.4, -0.2) is 29.6 Å². The smallest absolute Gasteiger partial charge is 0.325 e. The van der Waals surface area contributed by atoms with Crippen LogP contribution in [0.15, 0.2) is 39.5 Å². The topological polar surface area (TPSA) is 104 Å². The molecular weight excluding hydrogens is 475 g/mol. The molecule has 0 aliphatic heterocycles. The molecule has 0 fully saturated rings. The molecule has 0 unspecified atom stereocenters. The zero-order valence-electron chi connectivity index (χ0n) is 17.1. The maximum Gasteiger partial charge on any atom is 0.332 e. The molecule has 0 saturated carbocycles. The van der Waals surface area contributed by atoms with Gasteiger partial charge in [0.05, 0.1) is 17.0 Å². The Balaban J connectivity index is 1.40. The van der Waals surface area contributed by atoms with Crippen molar-refractivity contribution in [3.8, 4) is 11.3 Å². The lowest BCUT2D eigenvalue weighted by molar-refractivity contribution is -0.116. The Morgan fingerprint density at radius 1 is 1.19 bits per heavy atom. The maximum atomic E-state index is 12.5. The number of hydrogen-bond donors (Lipinski definition) is 1. The van der Waals surface area contributed by atoms with E-state index in [2.05, 4.69) is 15.3 Å². The molecule has 3 heterocycles. The molecule has 32 heavy (non-hydrogen) atoms. The molecule has 0 spiro atoms. The van der Waals surface area contributed by atoms with Crippen molar-refractivity contribution in [2.75, 3.05) is 5.32 Å². The predicted molar refractivity (Wildman–Crippen MR) is 126 cm³/mol. The third-order valence-corrected chi connectivity index (χ3v) is 6.28. The number of carbonyl (C=O) groups is 1. The van der Waals surface area contributed by atoms with Crippen molar-refractivity contribution in [2.45, 2.75) is 19.4 Å². The standard InChI is InChI=1S/C20H18Cl2N6O3S/c1-26-17-16(18(30)27(2)20(26)31)28(10-23-17)7-3-4-15(29)25-19-24-14(9-32-19)12-6-5-11(21)8-13(12)22/h5-6,8-10H,3-4,7H2,1-2H3,(H,24,25,29). The summed E-state index contributed by atoms with van der Waals surface area (Å²) in [5, 5.41) is 6.07. The number of fused-ring (bicyclic) bond motifs is 1. The molecule has 0 radical (unpaired) electrons. The van der Waals surface area contributed by atoms with Gasteiger partial charge in [0.15, 0.2) is 16.3 Å². The van der Waals surface area contributed by atoms with E-state index in [1.54, 1.807) is 29.8 Å². The average Bonchev–Trinajstić information content (AvgIpc) is 3.38. The Kier molecular flexibility index (Phi) is 6.18. The first kappa shape index (κ1) is 22.3. The Morgan fingerprint density at radius 2 is 1.97 bits per heavy atom. The van der Waals surface area contributed by atoms with Gasteiger partial charge in [-0.25, -0.2) is 14.8 Å². The molecule has 3 aromatic heterocycles. The fraction of sp³-hybridized carbons (Fsp3) is 0.250. The third kappa shape index (κ3) is 4.21. The Labute approximate surface area is 195 Å². The SMILES string of the molecule is Cn1c(=O)c2c(ncn2CCCC(=O)Nc2nc(-c3ccc(Cl)cc3Cl)cs2)n(C)c1=O. The number of hydrogen-bond acceptors (Lipinski definition) is 6. The number of nitrogens with zero attached hydrogens (tertiary/aromatic N) is 5. The molecule has 0 aliphatic rings. The summed E-state index contributed by atoms with van der Waals surface area (Å²) < 4.78 is 4.03. The van der Waals surface area contributed by atoms with Crippen LogP contribution in [0.1, 0.15) is 12.8 Å². The second-order valence-corrected chi connectivity index (χ2v) is 8.83. The van der Waals surface area contributed by atoms with E-state index < -0.39 is 11.2 Å². The van der Waals surface area contributed by atoms with Crippen molar-refractivity contribution in [1.82, 2.24) is 23.7 Å². The van der Waals surface area contributed by atoms with E-state index in [-0.39, 0.29) is 12.3 Å². The second-order valence-electron chi connectivity index (χ2n) is 7.13. The highest BCUT2D eigenvalue weighted by atomic mass is 35.5. The largest absolute Gasteiger partial charge is 0.332 e. The van der Waals surface area contributed by atoms with Crippen molar-refractivity contribution in [3.05, 3.63) is 60.8 Å². The number of nitrogens with one attached hydrogen (secondary N) is 1. The fourth-order valence-electron chi connectivity index (χ4n) is 3.31. The van der Waals surface area contributed by atoms with Crippen LogP contribution in [0.4, 0.5) is 5.13 Å². The van der Waals surface area contributed by atoms with Gasteiger partial charge in [-0.05, 0) is 24.6 Å². The average molecular weight is 493 g/mol. The van der Waals surface area contributed by atoms with E-state index in [1.807, 2.05) is 5.38 Å². The van der Waals surface area contributed by atoms with Crippen LogP contribution in [0.25, 0.3) is 22.4 Å². The van der Waals surface area contributed by atoms with E-state index in [1.165, 1.54) is 29.3 Å². The maximum absolute atomic E-state index is 12.5. The highest BCUT2D eigenvalue weighted by Crippen LogP contribution is 2.32. The molecule has 12 heteroatoms.